The lowest BCUT2D eigenvalue weighted by Crippen LogP contribution is -2.18. The van der Waals surface area contributed by atoms with E-state index in [2.05, 4.69) is 15.3 Å². The van der Waals surface area contributed by atoms with Crippen LogP contribution in [0.25, 0.3) is 0 Å². The molecule has 0 amide bonds. The fourth-order valence-corrected chi connectivity index (χ4v) is 1.83. The molecule has 0 atom stereocenters. The third-order valence-corrected chi connectivity index (χ3v) is 2.89. The molecule has 0 aromatic rings. The van der Waals surface area contributed by atoms with Gasteiger partial charge in [-0.1, -0.05) is 13.1 Å². The maximum atomic E-state index is 11.5. The highest BCUT2D eigenvalue weighted by molar-refractivity contribution is 9.26. The van der Waals surface area contributed by atoms with Gasteiger partial charge in [0.15, 0.2) is 0 Å². The van der Waals surface area contributed by atoms with Gasteiger partial charge in [-0.05, 0) is 0 Å². The molecule has 0 bridgehead atoms. The Morgan fingerprint density at radius 3 is 1.88 bits per heavy atom. The molecule has 0 saturated carbocycles. The molecule has 50 valence electrons. The molecule has 0 aromatic heterocycles. The lowest BCUT2D eigenvalue weighted by Gasteiger charge is -2.10. The third kappa shape index (κ3) is 6.56. The van der Waals surface area contributed by atoms with Gasteiger partial charge in [0.1, 0.15) is 6.69 Å². The molecular weight excluding hydrogens is 194 g/mol. The molecule has 0 rings (SSSR count). The quantitative estimate of drug-likeness (QED) is 0.478. The number of hydrogen-bond acceptors (Lipinski definition) is 0. The lowest BCUT2D eigenvalue weighted by atomic mass is 10.9. The van der Waals surface area contributed by atoms with Gasteiger partial charge in [-0.15, -0.1) is 15.3 Å². The number of hydrogen-bond donors (Lipinski definition) is 0. The zero-order valence-corrected chi connectivity index (χ0v) is 7.50. The van der Waals surface area contributed by atoms with Gasteiger partial charge < -0.3 is 0 Å². The molecule has 4 heteroatoms. The summed E-state index contributed by atoms with van der Waals surface area (Å²) in [5, 5.41) is 0. The Labute approximate surface area is 56.9 Å². The van der Waals surface area contributed by atoms with E-state index in [4.69, 9.17) is 0 Å². The van der Waals surface area contributed by atoms with Crippen LogP contribution in [0.4, 0.5) is 8.78 Å². The van der Waals surface area contributed by atoms with Crippen molar-refractivity contribution in [2.45, 2.75) is 25.6 Å². The van der Waals surface area contributed by atoms with Gasteiger partial charge in [-0.2, -0.15) is 0 Å². The highest BCUT2D eigenvalue weighted by atomic mass is 79.9. The lowest BCUT2D eigenvalue weighted by molar-refractivity contribution is 0.170. The van der Waals surface area contributed by atoms with Crippen LogP contribution in [0.2, 0.25) is 19.1 Å². The van der Waals surface area contributed by atoms with E-state index >= 15 is 0 Å². The van der Waals surface area contributed by atoms with Crippen LogP contribution in [-0.4, -0.2) is 13.1 Å². The van der Waals surface area contributed by atoms with Crippen LogP contribution < -0.4 is 0 Å². The predicted octanol–water partition coefficient (Wildman–Crippen LogP) is 2.85. The standard InChI is InChI=1S/C4H9BrF2Si/c1-8(2,5)3-4(6)7/h4H,3H2,1-2H3. The second-order valence-electron chi connectivity index (χ2n) is 2.31. The van der Waals surface area contributed by atoms with Gasteiger partial charge in [-0.25, -0.2) is 8.78 Å². The first kappa shape index (κ1) is 8.56. The molecule has 0 unspecified atom stereocenters. The first-order chi connectivity index (χ1) is 3.42. The molecule has 0 aromatic carbocycles. The SMILES string of the molecule is C[Si](C)(Br)CC(F)F. The molecule has 0 heterocycles. The van der Waals surface area contributed by atoms with Gasteiger partial charge in [0, 0.05) is 6.04 Å². The van der Waals surface area contributed by atoms with Crippen molar-refractivity contribution >= 4 is 22.0 Å². The van der Waals surface area contributed by atoms with Gasteiger partial charge in [-0.3, -0.25) is 0 Å². The molecule has 0 fully saturated rings. The van der Waals surface area contributed by atoms with Crippen molar-refractivity contribution in [3.63, 3.8) is 0 Å². The summed E-state index contributed by atoms with van der Waals surface area (Å²) in [6.45, 7) is 2.06. The van der Waals surface area contributed by atoms with Crippen LogP contribution in [0.1, 0.15) is 0 Å². The highest BCUT2D eigenvalue weighted by Gasteiger charge is 2.21. The smallest absolute Gasteiger partial charge is 0.211 e. The predicted molar refractivity (Wildman–Crippen MR) is 37.2 cm³/mol. The van der Waals surface area contributed by atoms with Gasteiger partial charge >= 0.3 is 0 Å². The van der Waals surface area contributed by atoms with Crippen LogP contribution in [-0.2, 0) is 0 Å². The average molecular weight is 203 g/mol. The molecule has 8 heavy (non-hydrogen) atoms. The Hall–Kier alpha value is 0.557. The Morgan fingerprint density at radius 1 is 1.50 bits per heavy atom. The minimum Gasteiger partial charge on any atom is -0.211 e. The van der Waals surface area contributed by atoms with Crippen molar-refractivity contribution < 1.29 is 8.78 Å². The minimum atomic E-state index is -2.14. The number of alkyl halides is 2. The molecule has 0 aliphatic rings. The van der Waals surface area contributed by atoms with E-state index in [9.17, 15) is 8.78 Å². The van der Waals surface area contributed by atoms with E-state index in [1.807, 2.05) is 13.1 Å². The maximum Gasteiger partial charge on any atom is 0.237 e. The Bertz CT molecular complexity index is 68.9. The van der Waals surface area contributed by atoms with Crippen molar-refractivity contribution in [1.82, 2.24) is 0 Å². The van der Waals surface area contributed by atoms with Gasteiger partial charge in [0.05, 0.1) is 0 Å². The summed E-state index contributed by atoms with van der Waals surface area (Å²) in [6, 6.07) is 0.0486. The van der Waals surface area contributed by atoms with Crippen molar-refractivity contribution in [1.29, 1.82) is 0 Å². The van der Waals surface area contributed by atoms with Crippen molar-refractivity contribution in [3.8, 4) is 0 Å². The Morgan fingerprint density at radius 2 is 1.88 bits per heavy atom. The summed E-state index contributed by atoms with van der Waals surface area (Å²) in [5.74, 6) is 0. The van der Waals surface area contributed by atoms with Gasteiger partial charge in [0.2, 0.25) is 6.43 Å². The Balaban J connectivity index is 3.39. The van der Waals surface area contributed by atoms with Crippen LogP contribution >= 0.6 is 15.3 Å². The number of rotatable bonds is 2. The van der Waals surface area contributed by atoms with E-state index in [0.29, 0.717) is 0 Å². The third-order valence-electron chi connectivity index (χ3n) is 0.640. The van der Waals surface area contributed by atoms with Gasteiger partial charge in [0.25, 0.3) is 0 Å². The topological polar surface area (TPSA) is 0 Å². The normalized spacial score (nSPS) is 12.8. The summed E-state index contributed by atoms with van der Waals surface area (Å²) in [7, 11) is 0. The van der Waals surface area contributed by atoms with Crippen molar-refractivity contribution in [2.24, 2.45) is 0 Å². The van der Waals surface area contributed by atoms with Crippen molar-refractivity contribution in [3.05, 3.63) is 0 Å². The zero-order chi connectivity index (χ0) is 6.78. The van der Waals surface area contributed by atoms with Crippen molar-refractivity contribution in [2.75, 3.05) is 0 Å². The van der Waals surface area contributed by atoms with Crippen LogP contribution in [0.5, 0.6) is 0 Å². The molecule has 0 aliphatic heterocycles. The van der Waals surface area contributed by atoms with E-state index in [0.717, 1.165) is 0 Å². The monoisotopic (exact) mass is 202 g/mol. The molecule has 0 N–H and O–H groups in total. The molecule has 0 nitrogen and oxygen atoms in total. The second kappa shape index (κ2) is 2.92. The summed E-state index contributed by atoms with van der Waals surface area (Å²) < 4.78 is 23.1. The maximum absolute atomic E-state index is 11.5. The van der Waals surface area contributed by atoms with E-state index < -0.39 is 13.1 Å². The summed E-state index contributed by atoms with van der Waals surface area (Å²) in [5.41, 5.74) is 0. The molecule has 0 aliphatic carbocycles. The largest absolute Gasteiger partial charge is 0.237 e. The van der Waals surface area contributed by atoms with Crippen LogP contribution in [0.3, 0.4) is 0 Å². The van der Waals surface area contributed by atoms with E-state index in [1.54, 1.807) is 0 Å². The fourth-order valence-electron chi connectivity index (χ4n) is 0.367. The fraction of sp³-hybridized carbons (Fsp3) is 1.00. The first-order valence-electron chi connectivity index (χ1n) is 2.39. The summed E-state index contributed by atoms with van der Waals surface area (Å²) in [4.78, 5) is 0. The van der Waals surface area contributed by atoms with E-state index in [-0.39, 0.29) is 6.04 Å². The number of halogens is 3. The summed E-state index contributed by atoms with van der Waals surface area (Å²) >= 11 is 3.24. The Kier molecular flexibility index (Phi) is 3.12. The molecule has 0 radical (unpaired) electrons. The first-order valence-corrected chi connectivity index (χ1v) is 7.85. The molecular formula is C4H9BrF2Si. The zero-order valence-electron chi connectivity index (χ0n) is 4.92. The summed E-state index contributed by atoms with van der Waals surface area (Å²) in [6.07, 6.45) is -2.14. The second-order valence-corrected chi connectivity index (χ2v) is 12.6. The van der Waals surface area contributed by atoms with E-state index in [1.165, 1.54) is 0 Å². The van der Waals surface area contributed by atoms with Crippen LogP contribution in [0, 0.1) is 0 Å². The minimum absolute atomic E-state index is 0.0486. The van der Waals surface area contributed by atoms with Crippen LogP contribution in [0.15, 0.2) is 0 Å². The molecule has 0 spiro atoms. The molecule has 0 saturated heterocycles. The highest BCUT2D eigenvalue weighted by Crippen LogP contribution is 2.20. The average Bonchev–Trinajstić information content (AvgIpc) is 1.21.